The second-order valence-electron chi connectivity index (χ2n) is 6.53. The Morgan fingerprint density at radius 1 is 1.08 bits per heavy atom. The van der Waals surface area contributed by atoms with Gasteiger partial charge in [0.25, 0.3) is 0 Å². The lowest BCUT2D eigenvalue weighted by Crippen LogP contribution is -2.44. The van der Waals surface area contributed by atoms with Gasteiger partial charge in [-0.05, 0) is 17.7 Å². The summed E-state index contributed by atoms with van der Waals surface area (Å²) >= 11 is 0. The number of hydrogen-bond acceptors (Lipinski definition) is 3. The van der Waals surface area contributed by atoms with Crippen LogP contribution >= 0.6 is 0 Å². The maximum Gasteiger partial charge on any atom is 0.329 e. The van der Waals surface area contributed by atoms with Crippen LogP contribution in [0.5, 0.6) is 0 Å². The van der Waals surface area contributed by atoms with Crippen molar-refractivity contribution in [2.45, 2.75) is 12.6 Å². The van der Waals surface area contributed by atoms with E-state index in [1.807, 2.05) is 54.6 Å². The monoisotopic (exact) mass is 351 g/mol. The molecule has 6 heteroatoms. The summed E-state index contributed by atoms with van der Waals surface area (Å²) in [6, 6.07) is 17.4. The van der Waals surface area contributed by atoms with Crippen LogP contribution in [0.15, 0.2) is 59.4 Å². The molecule has 2 heterocycles. The molecule has 1 unspecified atom stereocenters. The number of imidazole rings is 1. The predicted molar refractivity (Wildman–Crippen MR) is 98.9 cm³/mol. The van der Waals surface area contributed by atoms with Crippen molar-refractivity contribution in [1.82, 2.24) is 14.0 Å². The molecule has 134 valence electrons. The molecule has 1 aromatic heterocycles. The van der Waals surface area contributed by atoms with E-state index >= 15 is 0 Å². The summed E-state index contributed by atoms with van der Waals surface area (Å²) < 4.78 is 8.95. The molecule has 0 saturated carbocycles. The number of amides is 1. The Kier molecular flexibility index (Phi) is 4.34. The highest BCUT2D eigenvalue weighted by molar-refractivity contribution is 5.81. The van der Waals surface area contributed by atoms with E-state index in [-0.39, 0.29) is 24.2 Å². The lowest BCUT2D eigenvalue weighted by molar-refractivity contribution is -0.139. The Morgan fingerprint density at radius 3 is 2.54 bits per heavy atom. The number of rotatable bonds is 3. The average molecular weight is 351 g/mol. The molecule has 0 bridgehead atoms. The highest BCUT2D eigenvalue weighted by atomic mass is 16.5. The minimum absolute atomic E-state index is 0.0433. The normalized spacial score (nSPS) is 17.6. The number of nitrogens with zero attached hydrogens (tertiary/aromatic N) is 3. The lowest BCUT2D eigenvalue weighted by Gasteiger charge is -2.33. The van der Waals surface area contributed by atoms with Gasteiger partial charge < -0.3 is 9.64 Å². The summed E-state index contributed by atoms with van der Waals surface area (Å²) in [5.74, 6) is -0.0623. The number of ether oxygens (including phenoxy) is 1. The first-order valence-electron chi connectivity index (χ1n) is 8.74. The Labute approximate surface area is 151 Å². The molecular weight excluding hydrogens is 330 g/mol. The van der Waals surface area contributed by atoms with Gasteiger partial charge in [-0.1, -0.05) is 42.5 Å². The molecule has 26 heavy (non-hydrogen) atoms. The highest BCUT2D eigenvalue weighted by Crippen LogP contribution is 2.22. The SMILES string of the molecule is Cn1c(=O)n(CC(=O)N2CCOC(c3ccccc3)C2)c2ccccc21. The average Bonchev–Trinajstić information content (AvgIpc) is 2.94. The lowest BCUT2D eigenvalue weighted by atomic mass is 10.1. The zero-order chi connectivity index (χ0) is 18.1. The van der Waals surface area contributed by atoms with Gasteiger partial charge in [-0.2, -0.15) is 0 Å². The predicted octanol–water partition coefficient (Wildman–Crippen LogP) is 1.94. The number of aryl methyl sites for hydroxylation is 1. The molecule has 1 fully saturated rings. The number of fused-ring (bicyclic) bond motifs is 1. The summed E-state index contributed by atoms with van der Waals surface area (Å²) in [5.41, 5.74) is 2.50. The third-order valence-corrected chi connectivity index (χ3v) is 4.94. The Hall–Kier alpha value is -2.86. The molecule has 1 aliphatic rings. The first-order chi connectivity index (χ1) is 12.6. The Bertz CT molecular complexity index is 990. The number of aromatic nitrogens is 2. The van der Waals surface area contributed by atoms with E-state index in [1.54, 1.807) is 21.1 Å². The van der Waals surface area contributed by atoms with Crippen molar-refractivity contribution in [2.75, 3.05) is 19.7 Å². The first kappa shape index (κ1) is 16.6. The summed E-state index contributed by atoms with van der Waals surface area (Å²) in [4.78, 5) is 27.2. The van der Waals surface area contributed by atoms with Crippen LogP contribution in [-0.4, -0.2) is 39.6 Å². The van der Waals surface area contributed by atoms with E-state index in [1.165, 1.54) is 0 Å². The molecule has 0 spiro atoms. The molecule has 1 amide bonds. The van der Waals surface area contributed by atoms with E-state index in [0.29, 0.717) is 19.7 Å². The highest BCUT2D eigenvalue weighted by Gasteiger charge is 2.26. The fourth-order valence-corrected chi connectivity index (χ4v) is 3.50. The van der Waals surface area contributed by atoms with E-state index in [4.69, 9.17) is 4.74 Å². The van der Waals surface area contributed by atoms with Crippen LogP contribution in [0.3, 0.4) is 0 Å². The summed E-state index contributed by atoms with van der Waals surface area (Å²) in [5, 5.41) is 0. The standard InChI is InChI=1S/C20H21N3O3/c1-21-16-9-5-6-10-17(16)23(20(21)25)14-19(24)22-11-12-26-18(13-22)15-7-3-2-4-8-15/h2-10,18H,11-14H2,1H3. The van der Waals surface area contributed by atoms with Crippen molar-refractivity contribution in [3.8, 4) is 0 Å². The van der Waals surface area contributed by atoms with Gasteiger partial charge in [0.05, 0.1) is 24.2 Å². The molecule has 0 aliphatic carbocycles. The smallest absolute Gasteiger partial charge is 0.329 e. The summed E-state index contributed by atoms with van der Waals surface area (Å²) in [6.07, 6.45) is -0.127. The number of para-hydroxylation sites is 2. The number of carbonyl (C=O) groups is 1. The van der Waals surface area contributed by atoms with Crippen LogP contribution in [-0.2, 0) is 23.1 Å². The van der Waals surface area contributed by atoms with Crippen LogP contribution in [0.25, 0.3) is 11.0 Å². The number of carbonyl (C=O) groups excluding carboxylic acids is 1. The molecule has 3 aromatic rings. The van der Waals surface area contributed by atoms with Crippen LogP contribution in [0, 0.1) is 0 Å². The van der Waals surface area contributed by atoms with Gasteiger partial charge in [-0.25, -0.2) is 4.79 Å². The van der Waals surface area contributed by atoms with Crippen molar-refractivity contribution >= 4 is 16.9 Å². The fourth-order valence-electron chi connectivity index (χ4n) is 3.50. The van der Waals surface area contributed by atoms with Gasteiger partial charge in [0.2, 0.25) is 5.91 Å². The minimum atomic E-state index is -0.174. The van der Waals surface area contributed by atoms with Crippen LogP contribution < -0.4 is 5.69 Å². The van der Waals surface area contributed by atoms with Gasteiger partial charge in [-0.15, -0.1) is 0 Å². The number of morpholine rings is 1. The number of benzene rings is 2. The first-order valence-corrected chi connectivity index (χ1v) is 8.74. The molecule has 1 saturated heterocycles. The quantitative estimate of drug-likeness (QED) is 0.725. The van der Waals surface area contributed by atoms with Gasteiger partial charge in [0, 0.05) is 13.6 Å². The maximum absolute atomic E-state index is 12.9. The van der Waals surface area contributed by atoms with Crippen molar-refractivity contribution in [2.24, 2.45) is 7.05 Å². The van der Waals surface area contributed by atoms with Crippen molar-refractivity contribution in [3.63, 3.8) is 0 Å². The second kappa shape index (κ2) is 6.80. The molecule has 1 aliphatic heterocycles. The summed E-state index contributed by atoms with van der Waals surface area (Å²) in [6.45, 7) is 1.58. The van der Waals surface area contributed by atoms with Gasteiger partial charge in [0.1, 0.15) is 12.6 Å². The topological polar surface area (TPSA) is 56.5 Å². The molecular formula is C20H21N3O3. The maximum atomic E-state index is 12.9. The van der Waals surface area contributed by atoms with Crippen LogP contribution in [0.1, 0.15) is 11.7 Å². The molecule has 4 rings (SSSR count). The van der Waals surface area contributed by atoms with Gasteiger partial charge in [-0.3, -0.25) is 13.9 Å². The van der Waals surface area contributed by atoms with Crippen molar-refractivity contribution in [1.29, 1.82) is 0 Å². The van der Waals surface area contributed by atoms with E-state index in [0.717, 1.165) is 16.6 Å². The van der Waals surface area contributed by atoms with Gasteiger partial charge in [0.15, 0.2) is 0 Å². The molecule has 2 aromatic carbocycles. The van der Waals surface area contributed by atoms with Crippen molar-refractivity contribution in [3.05, 3.63) is 70.6 Å². The summed E-state index contributed by atoms with van der Waals surface area (Å²) in [7, 11) is 1.73. The molecule has 0 N–H and O–H groups in total. The molecule has 1 atom stereocenters. The minimum Gasteiger partial charge on any atom is -0.370 e. The Morgan fingerprint density at radius 2 is 1.77 bits per heavy atom. The third kappa shape index (κ3) is 2.93. The van der Waals surface area contributed by atoms with E-state index in [2.05, 4.69) is 0 Å². The largest absolute Gasteiger partial charge is 0.370 e. The van der Waals surface area contributed by atoms with E-state index < -0.39 is 0 Å². The second-order valence-corrected chi connectivity index (χ2v) is 6.53. The van der Waals surface area contributed by atoms with E-state index in [9.17, 15) is 9.59 Å². The zero-order valence-corrected chi connectivity index (χ0v) is 14.7. The number of hydrogen-bond donors (Lipinski definition) is 0. The Balaban J connectivity index is 1.55. The molecule has 6 nitrogen and oxygen atoms in total. The fraction of sp³-hybridized carbons (Fsp3) is 0.300. The third-order valence-electron chi connectivity index (χ3n) is 4.94. The zero-order valence-electron chi connectivity index (χ0n) is 14.7. The molecule has 0 radical (unpaired) electrons. The van der Waals surface area contributed by atoms with Crippen molar-refractivity contribution < 1.29 is 9.53 Å². The van der Waals surface area contributed by atoms with Crippen LogP contribution in [0.4, 0.5) is 0 Å². The van der Waals surface area contributed by atoms with Crippen LogP contribution in [0.2, 0.25) is 0 Å². The van der Waals surface area contributed by atoms with Gasteiger partial charge >= 0.3 is 5.69 Å².